The average molecular weight is 256 g/mol. The molecular weight excluding hydrogens is 240 g/mol. The Morgan fingerprint density at radius 3 is 2.78 bits per heavy atom. The summed E-state index contributed by atoms with van der Waals surface area (Å²) in [7, 11) is 1.36. The predicted molar refractivity (Wildman–Crippen MR) is 64.5 cm³/mol. The summed E-state index contributed by atoms with van der Waals surface area (Å²) < 4.78 is 4.51. The Bertz CT molecular complexity index is 493. The number of carbonyl (C=O) groups excluding carboxylic acids is 1. The van der Waals surface area contributed by atoms with Gasteiger partial charge in [-0.15, -0.1) is 5.10 Å². The van der Waals surface area contributed by atoms with Crippen LogP contribution in [0.4, 0.5) is 5.82 Å². The first-order valence-corrected chi connectivity index (χ1v) is 5.63. The Morgan fingerprint density at radius 1 is 1.33 bits per heavy atom. The fourth-order valence-electron chi connectivity index (χ4n) is 1.35. The van der Waals surface area contributed by atoms with Gasteiger partial charge in [-0.2, -0.15) is 0 Å². The first-order chi connectivity index (χ1) is 8.63. The molecule has 0 atom stereocenters. The van der Waals surface area contributed by atoms with Gasteiger partial charge in [-0.05, 0) is 12.8 Å². The molecule has 0 aliphatic rings. The van der Waals surface area contributed by atoms with Crippen LogP contribution in [0.3, 0.4) is 0 Å². The molecule has 3 N–H and O–H groups in total. The van der Waals surface area contributed by atoms with E-state index in [1.807, 2.05) is 0 Å². The van der Waals surface area contributed by atoms with E-state index in [0.717, 1.165) is 19.3 Å². The van der Waals surface area contributed by atoms with E-state index in [1.165, 1.54) is 7.11 Å². The molecule has 0 amide bonds. The molecule has 1 aromatic rings. The van der Waals surface area contributed by atoms with Gasteiger partial charge < -0.3 is 10.1 Å². The maximum Gasteiger partial charge on any atom is 0.342 e. The number of unbranched alkanes of at least 4 members (excludes halogenated alkanes) is 2. The molecule has 8 heteroatoms. The minimum absolute atomic E-state index is 0.0857. The van der Waals surface area contributed by atoms with Crippen LogP contribution in [0.25, 0.3) is 0 Å². The summed E-state index contributed by atoms with van der Waals surface area (Å²) in [5.41, 5.74) is -1.18. The highest BCUT2D eigenvalue weighted by Gasteiger charge is 2.01. The standard InChI is InChI=1S/C10H16N4O4/c1-18-7(15)5-3-2-4-6-11-8-9(16)12-10(17)14-13-8/h2-6H2,1H3,(H,11,13)(H2,12,14,16,17). The normalized spacial score (nSPS) is 10.1. The molecule has 0 aliphatic heterocycles. The van der Waals surface area contributed by atoms with Crippen LogP contribution in [0, 0.1) is 0 Å². The summed E-state index contributed by atoms with van der Waals surface area (Å²) in [5.74, 6) is -0.135. The zero-order valence-electron chi connectivity index (χ0n) is 10.1. The molecular formula is C10H16N4O4. The van der Waals surface area contributed by atoms with Gasteiger partial charge in [-0.25, -0.2) is 9.89 Å². The molecule has 1 rings (SSSR count). The van der Waals surface area contributed by atoms with E-state index >= 15 is 0 Å². The van der Waals surface area contributed by atoms with Gasteiger partial charge in [0.05, 0.1) is 7.11 Å². The van der Waals surface area contributed by atoms with Crippen molar-refractivity contribution in [2.45, 2.75) is 25.7 Å². The van der Waals surface area contributed by atoms with Gasteiger partial charge >= 0.3 is 11.7 Å². The van der Waals surface area contributed by atoms with E-state index in [1.54, 1.807) is 0 Å². The predicted octanol–water partition coefficient (Wildman–Crippen LogP) is -0.396. The van der Waals surface area contributed by atoms with Crippen molar-refractivity contribution in [1.82, 2.24) is 15.2 Å². The van der Waals surface area contributed by atoms with Crippen LogP contribution in [-0.2, 0) is 9.53 Å². The number of methoxy groups -OCH3 is 1. The second kappa shape index (κ2) is 7.25. The molecule has 0 spiro atoms. The minimum atomic E-state index is -0.636. The first-order valence-electron chi connectivity index (χ1n) is 5.63. The molecule has 1 aromatic heterocycles. The fourth-order valence-corrected chi connectivity index (χ4v) is 1.35. The second-order valence-corrected chi connectivity index (χ2v) is 3.67. The third-order valence-electron chi connectivity index (χ3n) is 2.29. The number of nitrogens with one attached hydrogen (secondary N) is 3. The lowest BCUT2D eigenvalue weighted by atomic mass is 10.2. The molecule has 0 unspecified atom stereocenters. The highest BCUT2D eigenvalue weighted by atomic mass is 16.5. The van der Waals surface area contributed by atoms with Crippen molar-refractivity contribution < 1.29 is 9.53 Å². The van der Waals surface area contributed by atoms with Gasteiger partial charge in [0.1, 0.15) is 0 Å². The van der Waals surface area contributed by atoms with Crippen LogP contribution in [0.15, 0.2) is 9.59 Å². The molecule has 0 saturated heterocycles. The van der Waals surface area contributed by atoms with Crippen LogP contribution in [0.1, 0.15) is 25.7 Å². The maximum absolute atomic E-state index is 11.2. The highest BCUT2D eigenvalue weighted by molar-refractivity contribution is 5.68. The third-order valence-corrected chi connectivity index (χ3v) is 2.29. The molecule has 100 valence electrons. The van der Waals surface area contributed by atoms with E-state index < -0.39 is 11.2 Å². The molecule has 8 nitrogen and oxygen atoms in total. The van der Waals surface area contributed by atoms with E-state index in [-0.39, 0.29) is 11.8 Å². The van der Waals surface area contributed by atoms with E-state index in [4.69, 9.17) is 0 Å². The number of aromatic nitrogens is 3. The number of rotatable bonds is 7. The lowest BCUT2D eigenvalue weighted by Crippen LogP contribution is -2.27. The third kappa shape index (κ3) is 4.81. The fraction of sp³-hybridized carbons (Fsp3) is 0.600. The number of nitrogens with zero attached hydrogens (tertiary/aromatic N) is 1. The topological polar surface area (TPSA) is 117 Å². The molecule has 0 aliphatic carbocycles. The minimum Gasteiger partial charge on any atom is -0.469 e. The van der Waals surface area contributed by atoms with Crippen molar-refractivity contribution in [2.75, 3.05) is 19.0 Å². The quantitative estimate of drug-likeness (QED) is 0.451. The van der Waals surface area contributed by atoms with Crippen LogP contribution in [0.2, 0.25) is 0 Å². The molecule has 0 radical (unpaired) electrons. The summed E-state index contributed by atoms with van der Waals surface area (Å²) >= 11 is 0. The number of carbonyl (C=O) groups is 1. The number of anilines is 1. The zero-order chi connectivity index (χ0) is 13.4. The summed E-state index contributed by atoms with van der Waals surface area (Å²) in [6, 6.07) is 0. The molecule has 0 bridgehead atoms. The van der Waals surface area contributed by atoms with Gasteiger partial charge in [0.15, 0.2) is 0 Å². The highest BCUT2D eigenvalue weighted by Crippen LogP contribution is 2.01. The van der Waals surface area contributed by atoms with Crippen molar-refractivity contribution in [3.63, 3.8) is 0 Å². The number of ether oxygens (including phenoxy) is 1. The molecule has 0 saturated carbocycles. The lowest BCUT2D eigenvalue weighted by molar-refractivity contribution is -0.140. The van der Waals surface area contributed by atoms with Crippen LogP contribution in [0.5, 0.6) is 0 Å². The number of hydrogen-bond acceptors (Lipinski definition) is 6. The van der Waals surface area contributed by atoms with Gasteiger partial charge in [-0.3, -0.25) is 14.6 Å². The SMILES string of the molecule is COC(=O)CCCCCNc1n[nH]c(=O)[nH]c1=O. The van der Waals surface area contributed by atoms with E-state index in [2.05, 4.69) is 25.2 Å². The molecule has 0 fully saturated rings. The smallest absolute Gasteiger partial charge is 0.342 e. The summed E-state index contributed by atoms with van der Waals surface area (Å²) in [6.07, 6.45) is 2.76. The number of H-pyrrole nitrogens is 2. The van der Waals surface area contributed by atoms with Crippen LogP contribution in [-0.4, -0.2) is 34.8 Å². The Hall–Kier alpha value is -2.12. The molecule has 0 aromatic carbocycles. The largest absolute Gasteiger partial charge is 0.469 e. The van der Waals surface area contributed by atoms with Crippen molar-refractivity contribution in [3.8, 4) is 0 Å². The number of esters is 1. The van der Waals surface area contributed by atoms with Gasteiger partial charge in [0.2, 0.25) is 5.82 Å². The summed E-state index contributed by atoms with van der Waals surface area (Å²) in [6.45, 7) is 0.545. The number of aromatic amines is 2. The molecule has 18 heavy (non-hydrogen) atoms. The lowest BCUT2D eigenvalue weighted by Gasteiger charge is -2.03. The van der Waals surface area contributed by atoms with Crippen LogP contribution >= 0.6 is 0 Å². The Labute approximate surface area is 103 Å². The maximum atomic E-state index is 11.2. The Balaban J connectivity index is 2.20. The van der Waals surface area contributed by atoms with E-state index in [9.17, 15) is 14.4 Å². The van der Waals surface area contributed by atoms with Gasteiger partial charge in [0, 0.05) is 13.0 Å². The average Bonchev–Trinajstić information content (AvgIpc) is 2.35. The monoisotopic (exact) mass is 256 g/mol. The van der Waals surface area contributed by atoms with Crippen LogP contribution < -0.4 is 16.6 Å². The Morgan fingerprint density at radius 2 is 2.11 bits per heavy atom. The second-order valence-electron chi connectivity index (χ2n) is 3.67. The van der Waals surface area contributed by atoms with Gasteiger partial charge in [0.25, 0.3) is 5.56 Å². The van der Waals surface area contributed by atoms with Gasteiger partial charge in [-0.1, -0.05) is 6.42 Å². The molecule has 1 heterocycles. The first kappa shape index (κ1) is 13.9. The van der Waals surface area contributed by atoms with E-state index in [0.29, 0.717) is 13.0 Å². The van der Waals surface area contributed by atoms with Crippen molar-refractivity contribution in [3.05, 3.63) is 20.8 Å². The Kier molecular flexibility index (Phi) is 5.62. The zero-order valence-corrected chi connectivity index (χ0v) is 10.1. The van der Waals surface area contributed by atoms with Crippen molar-refractivity contribution >= 4 is 11.8 Å². The van der Waals surface area contributed by atoms with Crippen molar-refractivity contribution in [1.29, 1.82) is 0 Å². The van der Waals surface area contributed by atoms with Crippen molar-refractivity contribution in [2.24, 2.45) is 0 Å². The summed E-state index contributed by atoms with van der Waals surface area (Å²) in [4.78, 5) is 34.8. The summed E-state index contributed by atoms with van der Waals surface area (Å²) in [5, 5.41) is 8.50. The number of hydrogen-bond donors (Lipinski definition) is 3.